The second kappa shape index (κ2) is 6.08. The Morgan fingerprint density at radius 2 is 1.78 bits per heavy atom. The van der Waals surface area contributed by atoms with Gasteiger partial charge in [0.15, 0.2) is 0 Å². The Morgan fingerprint density at radius 1 is 1.13 bits per heavy atom. The number of ether oxygens (including phenoxy) is 1. The fourth-order valence-corrected chi connectivity index (χ4v) is 2.41. The minimum atomic E-state index is -0.280. The highest BCUT2D eigenvalue weighted by atomic mass is 16.5. The van der Waals surface area contributed by atoms with E-state index in [-0.39, 0.29) is 11.3 Å². The molecule has 0 unspecified atom stereocenters. The van der Waals surface area contributed by atoms with Crippen LogP contribution in [0.25, 0.3) is 0 Å². The molecule has 7 heteroatoms. The van der Waals surface area contributed by atoms with Gasteiger partial charge in [0.05, 0.1) is 13.2 Å². The lowest BCUT2D eigenvalue weighted by molar-refractivity contribution is 0.0925. The summed E-state index contributed by atoms with van der Waals surface area (Å²) in [6.07, 6.45) is 0. The van der Waals surface area contributed by atoms with Crippen molar-refractivity contribution >= 4 is 11.9 Å². The lowest BCUT2D eigenvalue weighted by Gasteiger charge is -2.24. The molecular formula is C16H21N5O2. The number of benzene rings is 1. The summed E-state index contributed by atoms with van der Waals surface area (Å²) in [5.74, 6) is 0.186. The predicted molar refractivity (Wildman–Crippen MR) is 85.7 cm³/mol. The van der Waals surface area contributed by atoms with Gasteiger partial charge in [-0.1, -0.05) is 42.8 Å². The van der Waals surface area contributed by atoms with Crippen molar-refractivity contribution < 1.29 is 9.53 Å². The van der Waals surface area contributed by atoms with E-state index < -0.39 is 0 Å². The Hall–Kier alpha value is -2.28. The fraction of sp³-hybridized carbons (Fsp3) is 0.500. The molecule has 1 aliphatic heterocycles. The first-order valence-electron chi connectivity index (χ1n) is 7.73. The Labute approximate surface area is 135 Å². The monoisotopic (exact) mass is 315 g/mol. The molecule has 23 heavy (non-hydrogen) atoms. The van der Waals surface area contributed by atoms with Gasteiger partial charge in [-0.15, -0.1) is 5.10 Å². The molecule has 2 aromatic rings. The van der Waals surface area contributed by atoms with Gasteiger partial charge in [-0.25, -0.2) is 0 Å². The van der Waals surface area contributed by atoms with Crippen LogP contribution in [0, 0.1) is 0 Å². The quantitative estimate of drug-likeness (QED) is 0.836. The van der Waals surface area contributed by atoms with E-state index in [1.54, 1.807) is 12.1 Å². The van der Waals surface area contributed by atoms with Crippen molar-refractivity contribution in [1.82, 2.24) is 20.2 Å². The number of morpholine rings is 1. The van der Waals surface area contributed by atoms with Gasteiger partial charge in [-0.3, -0.25) is 4.79 Å². The van der Waals surface area contributed by atoms with Gasteiger partial charge >= 0.3 is 0 Å². The molecule has 0 atom stereocenters. The zero-order valence-corrected chi connectivity index (χ0v) is 13.7. The minimum absolute atomic E-state index is 0.0522. The number of anilines is 1. The van der Waals surface area contributed by atoms with Gasteiger partial charge in [-0.2, -0.15) is 0 Å². The number of rotatable bonds is 2. The fourth-order valence-electron chi connectivity index (χ4n) is 2.41. The molecule has 0 spiro atoms. The van der Waals surface area contributed by atoms with E-state index in [0.717, 1.165) is 4.80 Å². The summed E-state index contributed by atoms with van der Waals surface area (Å²) in [5.41, 5.74) is 1.77. The topological polar surface area (TPSA) is 73.1 Å². The van der Waals surface area contributed by atoms with Gasteiger partial charge in [0.2, 0.25) is 0 Å². The zero-order valence-electron chi connectivity index (χ0n) is 13.7. The van der Waals surface area contributed by atoms with Crippen LogP contribution in [0.3, 0.4) is 0 Å². The van der Waals surface area contributed by atoms with E-state index in [2.05, 4.69) is 36.2 Å². The van der Waals surface area contributed by atoms with Crippen molar-refractivity contribution in [2.75, 3.05) is 31.2 Å². The minimum Gasteiger partial charge on any atom is -0.378 e. The third-order valence-corrected chi connectivity index (χ3v) is 3.88. The van der Waals surface area contributed by atoms with Crippen LogP contribution >= 0.6 is 0 Å². The standard InChI is InChI=1S/C16H21N5O2/c1-16(2,3)13-6-4-12(5-7-13)14(22)21-18-15(17-19-21)20-8-10-23-11-9-20/h4-7H,8-11H2,1-3H3. The molecule has 3 rings (SSSR count). The molecule has 0 N–H and O–H groups in total. The van der Waals surface area contributed by atoms with Crippen molar-refractivity contribution in [2.24, 2.45) is 0 Å². The first-order valence-corrected chi connectivity index (χ1v) is 7.73. The maximum Gasteiger partial charge on any atom is 0.297 e. The van der Waals surface area contributed by atoms with E-state index in [4.69, 9.17) is 4.74 Å². The molecule has 0 radical (unpaired) electrons. The molecule has 122 valence electrons. The first-order chi connectivity index (χ1) is 10.9. The van der Waals surface area contributed by atoms with E-state index in [1.165, 1.54) is 5.56 Å². The Kier molecular flexibility index (Phi) is 4.12. The summed E-state index contributed by atoms with van der Waals surface area (Å²) in [4.78, 5) is 15.5. The first kappa shape index (κ1) is 15.6. The number of carbonyl (C=O) groups is 1. The maximum absolute atomic E-state index is 12.5. The van der Waals surface area contributed by atoms with Gasteiger partial charge < -0.3 is 9.64 Å². The van der Waals surface area contributed by atoms with Crippen LogP contribution in [-0.4, -0.2) is 52.4 Å². The molecule has 1 aromatic heterocycles. The van der Waals surface area contributed by atoms with Crippen LogP contribution in [-0.2, 0) is 10.2 Å². The number of aromatic nitrogens is 4. The van der Waals surface area contributed by atoms with Gasteiger partial charge in [-0.05, 0) is 28.3 Å². The van der Waals surface area contributed by atoms with Crippen molar-refractivity contribution in [3.8, 4) is 0 Å². The summed E-state index contributed by atoms with van der Waals surface area (Å²) in [6, 6.07) is 7.54. The van der Waals surface area contributed by atoms with Gasteiger partial charge in [0.25, 0.3) is 11.9 Å². The third kappa shape index (κ3) is 3.39. The molecular weight excluding hydrogens is 294 g/mol. The molecule has 1 aromatic carbocycles. The van der Waals surface area contributed by atoms with Crippen LogP contribution in [0.4, 0.5) is 5.95 Å². The SMILES string of the molecule is CC(C)(C)c1ccc(C(=O)n2nnc(N3CCOCC3)n2)cc1. The highest BCUT2D eigenvalue weighted by Gasteiger charge is 2.20. The highest BCUT2D eigenvalue weighted by Crippen LogP contribution is 2.22. The van der Waals surface area contributed by atoms with Crippen LogP contribution in [0.5, 0.6) is 0 Å². The molecule has 0 bridgehead atoms. The Morgan fingerprint density at radius 3 is 2.39 bits per heavy atom. The highest BCUT2D eigenvalue weighted by molar-refractivity contribution is 5.94. The van der Waals surface area contributed by atoms with E-state index >= 15 is 0 Å². The molecule has 2 heterocycles. The smallest absolute Gasteiger partial charge is 0.297 e. The number of nitrogens with zero attached hydrogens (tertiary/aromatic N) is 5. The maximum atomic E-state index is 12.5. The predicted octanol–water partition coefficient (Wildman–Crippen LogP) is 1.50. The molecule has 1 saturated heterocycles. The number of tetrazole rings is 1. The third-order valence-electron chi connectivity index (χ3n) is 3.88. The molecule has 7 nitrogen and oxygen atoms in total. The van der Waals surface area contributed by atoms with Gasteiger partial charge in [0, 0.05) is 18.7 Å². The van der Waals surface area contributed by atoms with Gasteiger partial charge in [0.1, 0.15) is 0 Å². The molecule has 1 fully saturated rings. The lowest BCUT2D eigenvalue weighted by atomic mass is 9.87. The number of carbonyl (C=O) groups excluding carboxylic acids is 1. The Balaban J connectivity index is 1.76. The van der Waals surface area contributed by atoms with E-state index in [0.29, 0.717) is 37.8 Å². The summed E-state index contributed by atoms with van der Waals surface area (Å²) < 4.78 is 5.29. The van der Waals surface area contributed by atoms with Crippen LogP contribution < -0.4 is 4.90 Å². The molecule has 0 amide bonds. The number of hydrogen-bond donors (Lipinski definition) is 0. The van der Waals surface area contributed by atoms with Crippen molar-refractivity contribution in [2.45, 2.75) is 26.2 Å². The van der Waals surface area contributed by atoms with E-state index in [1.807, 2.05) is 17.0 Å². The normalized spacial score (nSPS) is 15.7. The Bertz CT molecular complexity index is 681. The van der Waals surface area contributed by atoms with Crippen molar-refractivity contribution in [3.63, 3.8) is 0 Å². The average molecular weight is 315 g/mol. The molecule has 0 saturated carbocycles. The lowest BCUT2D eigenvalue weighted by Crippen LogP contribution is -2.37. The summed E-state index contributed by atoms with van der Waals surface area (Å²) >= 11 is 0. The van der Waals surface area contributed by atoms with Crippen LogP contribution in [0.15, 0.2) is 24.3 Å². The zero-order chi connectivity index (χ0) is 16.4. The second-order valence-electron chi connectivity index (χ2n) is 6.61. The largest absolute Gasteiger partial charge is 0.378 e. The second-order valence-corrected chi connectivity index (χ2v) is 6.61. The average Bonchev–Trinajstić information content (AvgIpc) is 3.04. The van der Waals surface area contributed by atoms with Crippen molar-refractivity contribution in [1.29, 1.82) is 0 Å². The van der Waals surface area contributed by atoms with E-state index in [9.17, 15) is 4.79 Å². The summed E-state index contributed by atoms with van der Waals surface area (Å²) in [6.45, 7) is 9.10. The summed E-state index contributed by atoms with van der Waals surface area (Å²) in [5, 5.41) is 12.1. The molecule has 1 aliphatic rings. The van der Waals surface area contributed by atoms with Crippen molar-refractivity contribution in [3.05, 3.63) is 35.4 Å². The summed E-state index contributed by atoms with van der Waals surface area (Å²) in [7, 11) is 0. The van der Waals surface area contributed by atoms with Crippen LogP contribution in [0.2, 0.25) is 0 Å². The molecule has 0 aliphatic carbocycles. The number of hydrogen-bond acceptors (Lipinski definition) is 6. The van der Waals surface area contributed by atoms with Crippen LogP contribution in [0.1, 0.15) is 36.7 Å².